The largest absolute Gasteiger partial charge is 0.481 e. The molecule has 1 heterocycles. The first-order valence-electron chi connectivity index (χ1n) is 6.04. The van der Waals surface area contributed by atoms with E-state index in [1.165, 1.54) is 11.1 Å². The van der Waals surface area contributed by atoms with Crippen LogP contribution in [0.3, 0.4) is 0 Å². The van der Waals surface area contributed by atoms with Gasteiger partial charge in [-0.25, -0.2) is 0 Å². The van der Waals surface area contributed by atoms with Gasteiger partial charge in [0.25, 0.3) is 0 Å². The molecule has 0 spiro atoms. The van der Waals surface area contributed by atoms with Crippen LogP contribution in [0.15, 0.2) is 18.2 Å². The van der Waals surface area contributed by atoms with Crippen molar-refractivity contribution in [3.05, 3.63) is 34.9 Å². The van der Waals surface area contributed by atoms with Gasteiger partial charge >= 0.3 is 5.97 Å². The molecular formula is C14H17NO3. The number of amides is 1. The van der Waals surface area contributed by atoms with Crippen molar-refractivity contribution in [1.82, 2.24) is 4.90 Å². The molecular weight excluding hydrogens is 230 g/mol. The molecule has 0 bridgehead atoms. The van der Waals surface area contributed by atoms with Crippen molar-refractivity contribution in [2.45, 2.75) is 26.8 Å². The lowest BCUT2D eigenvalue weighted by molar-refractivity contribution is -0.141. The highest BCUT2D eigenvalue weighted by Crippen LogP contribution is 2.22. The van der Waals surface area contributed by atoms with E-state index in [4.69, 9.17) is 5.11 Å². The van der Waals surface area contributed by atoms with Crippen LogP contribution in [-0.2, 0) is 16.1 Å². The number of aliphatic carboxylic acids is 1. The summed E-state index contributed by atoms with van der Waals surface area (Å²) < 4.78 is 0. The first-order valence-corrected chi connectivity index (χ1v) is 6.04. The third-order valence-electron chi connectivity index (χ3n) is 3.64. The van der Waals surface area contributed by atoms with E-state index >= 15 is 0 Å². The Morgan fingerprint density at radius 1 is 1.44 bits per heavy atom. The van der Waals surface area contributed by atoms with Crippen molar-refractivity contribution in [3.8, 4) is 0 Å². The molecule has 1 aromatic carbocycles. The van der Waals surface area contributed by atoms with Crippen LogP contribution in [0.1, 0.15) is 23.1 Å². The molecule has 0 radical (unpaired) electrons. The Labute approximate surface area is 106 Å². The maximum absolute atomic E-state index is 11.8. The summed E-state index contributed by atoms with van der Waals surface area (Å²) in [6, 6.07) is 5.99. The van der Waals surface area contributed by atoms with Crippen LogP contribution in [0, 0.1) is 19.8 Å². The third kappa shape index (κ3) is 2.37. The molecule has 0 aliphatic carbocycles. The van der Waals surface area contributed by atoms with Gasteiger partial charge in [0.2, 0.25) is 5.91 Å². The van der Waals surface area contributed by atoms with E-state index < -0.39 is 11.9 Å². The molecule has 0 saturated carbocycles. The Kier molecular flexibility index (Phi) is 3.36. The van der Waals surface area contributed by atoms with Crippen molar-refractivity contribution < 1.29 is 14.7 Å². The maximum Gasteiger partial charge on any atom is 0.308 e. The highest BCUT2D eigenvalue weighted by Gasteiger charge is 2.34. The fourth-order valence-electron chi connectivity index (χ4n) is 2.28. The molecule has 1 amide bonds. The molecule has 0 aromatic heterocycles. The normalized spacial score (nSPS) is 19.3. The second-order valence-electron chi connectivity index (χ2n) is 4.87. The molecule has 96 valence electrons. The molecule has 18 heavy (non-hydrogen) atoms. The van der Waals surface area contributed by atoms with Crippen LogP contribution in [0.5, 0.6) is 0 Å². The van der Waals surface area contributed by atoms with E-state index in [2.05, 4.69) is 0 Å². The van der Waals surface area contributed by atoms with Crippen LogP contribution in [0.25, 0.3) is 0 Å². The number of carboxylic acid groups (broad SMARTS) is 1. The maximum atomic E-state index is 11.8. The van der Waals surface area contributed by atoms with Crippen molar-refractivity contribution in [2.24, 2.45) is 5.92 Å². The molecule has 2 rings (SSSR count). The summed E-state index contributed by atoms with van der Waals surface area (Å²) in [6.45, 7) is 4.89. The SMILES string of the molecule is Cc1cccc(CN2CC(C(=O)O)CC2=O)c1C. The second kappa shape index (κ2) is 4.80. The first-order chi connectivity index (χ1) is 8.49. The van der Waals surface area contributed by atoms with Gasteiger partial charge in [0.05, 0.1) is 5.92 Å². The quantitative estimate of drug-likeness (QED) is 0.885. The van der Waals surface area contributed by atoms with E-state index in [1.54, 1.807) is 4.90 Å². The summed E-state index contributed by atoms with van der Waals surface area (Å²) in [5, 5.41) is 8.93. The fraction of sp³-hybridized carbons (Fsp3) is 0.429. The summed E-state index contributed by atoms with van der Waals surface area (Å²) in [6.07, 6.45) is 0.125. The summed E-state index contributed by atoms with van der Waals surface area (Å²) in [5.41, 5.74) is 3.45. The van der Waals surface area contributed by atoms with Crippen molar-refractivity contribution >= 4 is 11.9 Å². The number of benzene rings is 1. The molecule has 1 saturated heterocycles. The Hall–Kier alpha value is -1.84. The zero-order valence-electron chi connectivity index (χ0n) is 10.6. The molecule has 1 N–H and O–H groups in total. The van der Waals surface area contributed by atoms with E-state index in [0.29, 0.717) is 13.1 Å². The summed E-state index contributed by atoms with van der Waals surface area (Å²) in [4.78, 5) is 24.3. The second-order valence-corrected chi connectivity index (χ2v) is 4.87. The van der Waals surface area contributed by atoms with Crippen molar-refractivity contribution in [3.63, 3.8) is 0 Å². The summed E-state index contributed by atoms with van der Waals surface area (Å²) >= 11 is 0. The standard InChI is InChI=1S/C14H17NO3/c1-9-4-3-5-11(10(9)2)7-15-8-12(14(17)18)6-13(15)16/h3-5,12H,6-8H2,1-2H3,(H,17,18). The molecule has 1 aromatic rings. The minimum absolute atomic E-state index is 0.0664. The van der Waals surface area contributed by atoms with Crippen LogP contribution >= 0.6 is 0 Å². The average Bonchev–Trinajstić information content (AvgIpc) is 2.67. The number of hydrogen-bond acceptors (Lipinski definition) is 2. The van der Waals surface area contributed by atoms with Crippen LogP contribution in [0.2, 0.25) is 0 Å². The highest BCUT2D eigenvalue weighted by atomic mass is 16.4. The lowest BCUT2D eigenvalue weighted by Gasteiger charge is -2.18. The summed E-state index contributed by atoms with van der Waals surface area (Å²) in [7, 11) is 0. The topological polar surface area (TPSA) is 57.6 Å². The number of rotatable bonds is 3. The van der Waals surface area contributed by atoms with E-state index in [1.807, 2.05) is 32.0 Å². The monoisotopic (exact) mass is 247 g/mol. The molecule has 1 aliphatic heterocycles. The predicted octanol–water partition coefficient (Wildman–Crippen LogP) is 1.74. The zero-order chi connectivity index (χ0) is 13.3. The highest BCUT2D eigenvalue weighted by molar-refractivity contribution is 5.86. The predicted molar refractivity (Wildman–Crippen MR) is 67.1 cm³/mol. The van der Waals surface area contributed by atoms with Crippen molar-refractivity contribution in [2.75, 3.05) is 6.54 Å². The molecule has 4 nitrogen and oxygen atoms in total. The van der Waals surface area contributed by atoms with Gasteiger partial charge in [-0.05, 0) is 30.5 Å². The third-order valence-corrected chi connectivity index (χ3v) is 3.64. The van der Waals surface area contributed by atoms with Gasteiger partial charge in [0.1, 0.15) is 0 Å². The molecule has 4 heteroatoms. The fourth-order valence-corrected chi connectivity index (χ4v) is 2.28. The van der Waals surface area contributed by atoms with Crippen molar-refractivity contribution in [1.29, 1.82) is 0 Å². The van der Waals surface area contributed by atoms with Gasteiger partial charge in [0, 0.05) is 19.5 Å². The minimum atomic E-state index is -0.883. The van der Waals surface area contributed by atoms with Crippen LogP contribution in [-0.4, -0.2) is 28.4 Å². The number of likely N-dealkylation sites (tertiary alicyclic amines) is 1. The number of nitrogens with zero attached hydrogens (tertiary/aromatic N) is 1. The number of aryl methyl sites for hydroxylation is 1. The number of carboxylic acids is 1. The zero-order valence-corrected chi connectivity index (χ0v) is 10.6. The van der Waals surface area contributed by atoms with Gasteiger partial charge in [0.15, 0.2) is 0 Å². The Morgan fingerprint density at radius 2 is 2.17 bits per heavy atom. The van der Waals surface area contributed by atoms with Gasteiger partial charge in [-0.3, -0.25) is 9.59 Å². The van der Waals surface area contributed by atoms with Gasteiger partial charge in [-0.15, -0.1) is 0 Å². The smallest absolute Gasteiger partial charge is 0.308 e. The molecule has 1 atom stereocenters. The molecule has 1 unspecified atom stereocenters. The summed E-state index contributed by atoms with van der Waals surface area (Å²) in [5.74, 6) is -1.50. The Bertz CT molecular complexity index is 496. The average molecular weight is 247 g/mol. The lowest BCUT2D eigenvalue weighted by Crippen LogP contribution is -2.26. The Morgan fingerprint density at radius 3 is 2.78 bits per heavy atom. The molecule has 1 fully saturated rings. The number of carbonyl (C=O) groups excluding carboxylic acids is 1. The lowest BCUT2D eigenvalue weighted by atomic mass is 10.0. The van der Waals surface area contributed by atoms with Crippen LogP contribution in [0.4, 0.5) is 0 Å². The van der Waals surface area contributed by atoms with Gasteiger partial charge in [-0.1, -0.05) is 18.2 Å². The molecule has 1 aliphatic rings. The van der Waals surface area contributed by atoms with E-state index in [0.717, 1.165) is 5.56 Å². The number of carbonyl (C=O) groups is 2. The van der Waals surface area contributed by atoms with E-state index in [9.17, 15) is 9.59 Å². The Balaban J connectivity index is 2.13. The van der Waals surface area contributed by atoms with E-state index in [-0.39, 0.29) is 12.3 Å². The van der Waals surface area contributed by atoms with Gasteiger partial charge < -0.3 is 10.0 Å². The minimum Gasteiger partial charge on any atom is -0.481 e. The number of hydrogen-bond donors (Lipinski definition) is 1. The van der Waals surface area contributed by atoms with Gasteiger partial charge in [-0.2, -0.15) is 0 Å². The first kappa shape index (κ1) is 12.6. The van der Waals surface area contributed by atoms with Crippen LogP contribution < -0.4 is 0 Å².